The van der Waals surface area contributed by atoms with Crippen molar-refractivity contribution >= 4 is 21.7 Å². The van der Waals surface area contributed by atoms with Crippen molar-refractivity contribution < 1.29 is 13.6 Å². The highest BCUT2D eigenvalue weighted by Gasteiger charge is 2.18. The average Bonchev–Trinajstić information content (AvgIpc) is 2.41. The summed E-state index contributed by atoms with van der Waals surface area (Å²) in [5.74, 6) is -1.71. The molecule has 104 valence electrons. The summed E-state index contributed by atoms with van der Waals surface area (Å²) < 4.78 is 27.7. The third kappa shape index (κ3) is 2.96. The van der Waals surface area contributed by atoms with Gasteiger partial charge in [-0.25, -0.2) is 8.78 Å². The van der Waals surface area contributed by atoms with Gasteiger partial charge in [-0.05, 0) is 53.5 Å². The first-order valence-electron chi connectivity index (χ1n) is 6.13. The maximum Gasteiger partial charge on any atom is 0.167 e. The number of benzene rings is 2. The molecule has 2 aromatic rings. The maximum atomic E-state index is 13.9. The van der Waals surface area contributed by atoms with Gasteiger partial charge in [0.05, 0.1) is 4.47 Å². The Labute approximate surface area is 124 Å². The Balaban J connectivity index is 2.38. The summed E-state index contributed by atoms with van der Waals surface area (Å²) in [4.78, 5) is 12.3. The van der Waals surface area contributed by atoms with Gasteiger partial charge >= 0.3 is 0 Å². The Morgan fingerprint density at radius 1 is 1.15 bits per heavy atom. The van der Waals surface area contributed by atoms with Crippen molar-refractivity contribution in [3.63, 3.8) is 0 Å². The van der Waals surface area contributed by atoms with Crippen molar-refractivity contribution in [1.82, 2.24) is 0 Å². The zero-order valence-electron chi connectivity index (χ0n) is 11.1. The average molecular weight is 339 g/mol. The fourth-order valence-corrected chi connectivity index (χ4v) is 2.39. The van der Waals surface area contributed by atoms with E-state index in [1.54, 1.807) is 13.0 Å². The van der Waals surface area contributed by atoms with Crippen molar-refractivity contribution in [3.8, 4) is 0 Å². The van der Waals surface area contributed by atoms with E-state index in [1.807, 2.05) is 19.1 Å². The summed E-state index contributed by atoms with van der Waals surface area (Å²) in [6.45, 7) is 3.68. The molecule has 0 amide bonds. The van der Waals surface area contributed by atoms with Crippen LogP contribution in [0.25, 0.3) is 0 Å². The zero-order valence-corrected chi connectivity index (χ0v) is 12.7. The minimum atomic E-state index is -0.719. The molecule has 0 bridgehead atoms. The number of halogens is 3. The number of aryl methyl sites for hydroxylation is 2. The fourth-order valence-electron chi connectivity index (χ4n) is 2.02. The predicted octanol–water partition coefficient (Wildman–Crippen LogP) is 4.77. The summed E-state index contributed by atoms with van der Waals surface area (Å²) in [5, 5.41) is 0. The van der Waals surface area contributed by atoms with E-state index in [1.165, 1.54) is 6.07 Å². The zero-order chi connectivity index (χ0) is 14.9. The first-order chi connectivity index (χ1) is 9.40. The second kappa shape index (κ2) is 5.83. The van der Waals surface area contributed by atoms with E-state index in [0.29, 0.717) is 5.56 Å². The van der Waals surface area contributed by atoms with Gasteiger partial charge < -0.3 is 0 Å². The summed E-state index contributed by atoms with van der Waals surface area (Å²) in [6, 6.07) is 7.91. The van der Waals surface area contributed by atoms with E-state index in [0.717, 1.165) is 17.2 Å². The van der Waals surface area contributed by atoms with Gasteiger partial charge in [0.1, 0.15) is 11.6 Å². The first kappa shape index (κ1) is 14.9. The topological polar surface area (TPSA) is 17.1 Å². The Bertz CT molecular complexity index is 680. The monoisotopic (exact) mass is 338 g/mol. The smallest absolute Gasteiger partial charge is 0.167 e. The highest BCUT2D eigenvalue weighted by Crippen LogP contribution is 2.23. The summed E-state index contributed by atoms with van der Waals surface area (Å²) in [5.41, 5.74) is 2.04. The Morgan fingerprint density at radius 3 is 2.55 bits per heavy atom. The van der Waals surface area contributed by atoms with Crippen molar-refractivity contribution in [2.75, 3.05) is 0 Å². The van der Waals surface area contributed by atoms with E-state index in [2.05, 4.69) is 15.9 Å². The minimum Gasteiger partial charge on any atom is -0.294 e. The second-order valence-corrected chi connectivity index (χ2v) is 5.59. The predicted molar refractivity (Wildman–Crippen MR) is 78.0 cm³/mol. The van der Waals surface area contributed by atoms with Crippen LogP contribution in [-0.4, -0.2) is 5.78 Å². The quantitative estimate of drug-likeness (QED) is 0.582. The van der Waals surface area contributed by atoms with Crippen LogP contribution in [0, 0.1) is 25.5 Å². The van der Waals surface area contributed by atoms with E-state index in [4.69, 9.17) is 0 Å². The van der Waals surface area contributed by atoms with Gasteiger partial charge in [0, 0.05) is 17.5 Å². The lowest BCUT2D eigenvalue weighted by molar-refractivity contribution is 0.0990. The lowest BCUT2D eigenvalue weighted by atomic mass is 9.97. The summed E-state index contributed by atoms with van der Waals surface area (Å²) >= 11 is 3.00. The fraction of sp³-hybridized carbons (Fsp3) is 0.188. The molecule has 4 heteroatoms. The van der Waals surface area contributed by atoms with Crippen LogP contribution >= 0.6 is 15.9 Å². The van der Waals surface area contributed by atoms with Gasteiger partial charge in [-0.2, -0.15) is 0 Å². The van der Waals surface area contributed by atoms with Crippen LogP contribution in [0.5, 0.6) is 0 Å². The van der Waals surface area contributed by atoms with Crippen LogP contribution < -0.4 is 0 Å². The van der Waals surface area contributed by atoms with E-state index in [9.17, 15) is 13.6 Å². The maximum absolute atomic E-state index is 13.9. The van der Waals surface area contributed by atoms with Crippen LogP contribution in [0.15, 0.2) is 34.8 Å². The van der Waals surface area contributed by atoms with Crippen LogP contribution in [0.1, 0.15) is 27.0 Å². The van der Waals surface area contributed by atoms with Gasteiger partial charge in [0.25, 0.3) is 0 Å². The summed E-state index contributed by atoms with van der Waals surface area (Å²) in [6.07, 6.45) is -0.290. The van der Waals surface area contributed by atoms with Crippen LogP contribution in [0.3, 0.4) is 0 Å². The van der Waals surface area contributed by atoms with Gasteiger partial charge in [-0.3, -0.25) is 4.79 Å². The third-order valence-electron chi connectivity index (χ3n) is 3.17. The number of hydrogen-bond acceptors (Lipinski definition) is 1. The number of carbonyl (C=O) groups is 1. The molecule has 20 heavy (non-hydrogen) atoms. The molecule has 0 atom stereocenters. The van der Waals surface area contributed by atoms with Crippen LogP contribution in [-0.2, 0) is 6.42 Å². The van der Waals surface area contributed by atoms with Crippen molar-refractivity contribution in [2.45, 2.75) is 20.3 Å². The van der Waals surface area contributed by atoms with Gasteiger partial charge in [-0.15, -0.1) is 0 Å². The highest BCUT2D eigenvalue weighted by atomic mass is 79.9. The molecule has 1 nitrogen and oxygen atoms in total. The molecule has 0 saturated heterocycles. The number of carbonyl (C=O) groups excluding carboxylic acids is 1. The van der Waals surface area contributed by atoms with E-state index in [-0.39, 0.29) is 22.2 Å². The van der Waals surface area contributed by atoms with Gasteiger partial charge in [0.2, 0.25) is 0 Å². The Hall–Kier alpha value is -1.55. The standard InChI is InChI=1S/C16H13BrF2O/c1-9-3-4-10(2)11(7-9)15(20)8-12-14(18)6-5-13(17)16(12)19/h3-7H,8H2,1-2H3. The lowest BCUT2D eigenvalue weighted by Crippen LogP contribution is -2.09. The van der Waals surface area contributed by atoms with E-state index >= 15 is 0 Å². The van der Waals surface area contributed by atoms with Crippen LogP contribution in [0.4, 0.5) is 8.78 Å². The first-order valence-corrected chi connectivity index (χ1v) is 6.92. The molecular formula is C16H13BrF2O. The van der Waals surface area contributed by atoms with Crippen molar-refractivity contribution in [3.05, 3.63) is 68.7 Å². The molecule has 2 rings (SSSR count). The largest absolute Gasteiger partial charge is 0.294 e. The SMILES string of the molecule is Cc1ccc(C)c(C(=O)Cc2c(F)ccc(Br)c2F)c1. The number of ketones is 1. The molecule has 0 aliphatic heterocycles. The minimum absolute atomic E-state index is 0.155. The molecule has 0 unspecified atom stereocenters. The van der Waals surface area contributed by atoms with Crippen LogP contribution in [0.2, 0.25) is 0 Å². The lowest BCUT2D eigenvalue weighted by Gasteiger charge is -2.09. The third-order valence-corrected chi connectivity index (χ3v) is 3.78. The number of hydrogen-bond donors (Lipinski definition) is 0. The molecule has 0 aromatic heterocycles. The summed E-state index contributed by atoms with van der Waals surface area (Å²) in [7, 11) is 0. The Morgan fingerprint density at radius 2 is 1.85 bits per heavy atom. The molecule has 0 aliphatic rings. The molecule has 2 aromatic carbocycles. The van der Waals surface area contributed by atoms with Crippen molar-refractivity contribution in [1.29, 1.82) is 0 Å². The molecule has 0 aliphatic carbocycles. The molecule has 0 radical (unpaired) electrons. The molecule has 0 N–H and O–H groups in total. The second-order valence-electron chi connectivity index (χ2n) is 4.74. The Kier molecular flexibility index (Phi) is 4.33. The molecule has 0 saturated carbocycles. The van der Waals surface area contributed by atoms with E-state index < -0.39 is 11.6 Å². The normalized spacial score (nSPS) is 10.7. The molecule has 0 spiro atoms. The molecule has 0 heterocycles. The molecular weight excluding hydrogens is 326 g/mol. The number of rotatable bonds is 3. The van der Waals surface area contributed by atoms with Gasteiger partial charge in [0.15, 0.2) is 5.78 Å². The molecule has 0 fully saturated rings. The highest BCUT2D eigenvalue weighted by molar-refractivity contribution is 9.10. The number of Topliss-reactive ketones (excluding diaryl/α,β-unsaturated/α-hetero) is 1. The van der Waals surface area contributed by atoms with Gasteiger partial charge in [-0.1, -0.05) is 17.7 Å². The van der Waals surface area contributed by atoms with Crippen molar-refractivity contribution in [2.24, 2.45) is 0 Å².